The molecule has 1 aromatic carbocycles. The van der Waals surface area contributed by atoms with Crippen molar-refractivity contribution in [2.24, 2.45) is 23.7 Å². The zero-order chi connectivity index (χ0) is 13.1. The summed E-state index contributed by atoms with van der Waals surface area (Å²) in [5.74, 6) is 0.0344. The fourth-order valence-corrected chi connectivity index (χ4v) is 4.25. The molecule has 4 heteroatoms. The van der Waals surface area contributed by atoms with E-state index in [0.717, 1.165) is 19.3 Å². The normalized spacial score (nSPS) is 36.2. The van der Waals surface area contributed by atoms with Crippen molar-refractivity contribution >= 4 is 17.5 Å². The number of hydrogen-bond acceptors (Lipinski definition) is 2. The second-order valence-electron chi connectivity index (χ2n) is 5.87. The van der Waals surface area contributed by atoms with Crippen molar-refractivity contribution in [3.8, 4) is 0 Å². The molecule has 1 heterocycles. The predicted octanol–water partition coefficient (Wildman–Crippen LogP) is 2.36. The lowest BCUT2D eigenvalue weighted by Gasteiger charge is -2.19. The first-order valence-corrected chi connectivity index (χ1v) is 6.80. The van der Waals surface area contributed by atoms with E-state index in [-0.39, 0.29) is 29.5 Å². The SMILES string of the molecule is O=C1[C@@H]2[C@H]3CC[C@@H](C3)[C@@H]2C(=O)N1c1ccc(F)cc1. The number of anilines is 1. The molecular formula is C15H14FNO2. The van der Waals surface area contributed by atoms with Crippen LogP contribution in [0.4, 0.5) is 10.1 Å². The van der Waals surface area contributed by atoms with Crippen LogP contribution in [0.25, 0.3) is 0 Å². The predicted molar refractivity (Wildman–Crippen MR) is 66.7 cm³/mol. The molecule has 4 rings (SSSR count). The summed E-state index contributed by atoms with van der Waals surface area (Å²) in [5.41, 5.74) is 0.505. The Kier molecular flexibility index (Phi) is 2.14. The summed E-state index contributed by atoms with van der Waals surface area (Å²) in [6.45, 7) is 0. The topological polar surface area (TPSA) is 37.4 Å². The van der Waals surface area contributed by atoms with Crippen LogP contribution in [0.5, 0.6) is 0 Å². The molecule has 0 N–H and O–H groups in total. The van der Waals surface area contributed by atoms with Gasteiger partial charge in [0.2, 0.25) is 11.8 Å². The van der Waals surface area contributed by atoms with Gasteiger partial charge in [-0.2, -0.15) is 0 Å². The van der Waals surface area contributed by atoms with Crippen molar-refractivity contribution in [1.82, 2.24) is 0 Å². The first-order valence-electron chi connectivity index (χ1n) is 6.80. The third-order valence-electron chi connectivity index (χ3n) is 5.01. The van der Waals surface area contributed by atoms with E-state index in [0.29, 0.717) is 17.5 Å². The fraction of sp³-hybridized carbons (Fsp3) is 0.467. The standard InChI is InChI=1S/C15H14FNO2/c16-10-3-5-11(6-4-10)17-14(18)12-8-1-2-9(7-8)13(12)15(17)19/h3-6,8-9,12-13H,1-2,7H2/t8-,9-,12-,13+/m0/s1. The molecule has 1 aromatic rings. The summed E-state index contributed by atoms with van der Waals surface area (Å²) in [7, 11) is 0. The number of nitrogens with zero attached hydrogens (tertiary/aromatic N) is 1. The van der Waals surface area contributed by atoms with Crippen LogP contribution in [-0.2, 0) is 9.59 Å². The first kappa shape index (κ1) is 11.1. The molecule has 0 aromatic heterocycles. The maximum Gasteiger partial charge on any atom is 0.237 e. The zero-order valence-electron chi connectivity index (χ0n) is 10.4. The van der Waals surface area contributed by atoms with Gasteiger partial charge in [-0.25, -0.2) is 4.39 Å². The van der Waals surface area contributed by atoms with Crippen molar-refractivity contribution in [2.75, 3.05) is 4.90 Å². The molecule has 2 amide bonds. The molecule has 3 fully saturated rings. The highest BCUT2D eigenvalue weighted by molar-refractivity contribution is 6.22. The summed E-state index contributed by atoms with van der Waals surface area (Å²) in [4.78, 5) is 26.2. The number of hydrogen-bond donors (Lipinski definition) is 0. The van der Waals surface area contributed by atoms with Gasteiger partial charge in [0.15, 0.2) is 0 Å². The van der Waals surface area contributed by atoms with Crippen molar-refractivity contribution in [3.63, 3.8) is 0 Å². The first-order chi connectivity index (χ1) is 9.16. The molecule has 2 aliphatic carbocycles. The monoisotopic (exact) mass is 259 g/mol. The van der Waals surface area contributed by atoms with Crippen LogP contribution in [0.3, 0.4) is 0 Å². The Morgan fingerprint density at radius 3 is 2.00 bits per heavy atom. The Balaban J connectivity index is 1.73. The summed E-state index contributed by atoms with van der Waals surface area (Å²) in [6, 6.07) is 5.60. The molecule has 4 atom stereocenters. The fourth-order valence-electron chi connectivity index (χ4n) is 4.25. The lowest BCUT2D eigenvalue weighted by molar-refractivity contribution is -0.123. The molecule has 2 saturated carbocycles. The number of fused-ring (bicyclic) bond motifs is 5. The van der Waals surface area contributed by atoms with Crippen molar-refractivity contribution < 1.29 is 14.0 Å². The van der Waals surface area contributed by atoms with E-state index in [1.807, 2.05) is 0 Å². The van der Waals surface area contributed by atoms with Crippen LogP contribution >= 0.6 is 0 Å². The summed E-state index contributed by atoms with van der Waals surface area (Å²) < 4.78 is 12.9. The smallest absolute Gasteiger partial charge is 0.237 e. The molecule has 19 heavy (non-hydrogen) atoms. The molecule has 3 aliphatic rings. The third-order valence-corrected chi connectivity index (χ3v) is 5.01. The maximum absolute atomic E-state index is 12.9. The molecule has 2 bridgehead atoms. The highest BCUT2D eigenvalue weighted by Crippen LogP contribution is 2.56. The van der Waals surface area contributed by atoms with Crippen LogP contribution in [0.1, 0.15) is 19.3 Å². The third kappa shape index (κ3) is 1.37. The molecule has 0 spiro atoms. The lowest BCUT2D eigenvalue weighted by Crippen LogP contribution is -2.32. The van der Waals surface area contributed by atoms with Gasteiger partial charge in [-0.05, 0) is 55.4 Å². The summed E-state index contributed by atoms with van der Waals surface area (Å²) in [5, 5.41) is 0. The van der Waals surface area contributed by atoms with Crippen molar-refractivity contribution in [2.45, 2.75) is 19.3 Å². The maximum atomic E-state index is 12.9. The van der Waals surface area contributed by atoms with Crippen LogP contribution in [0, 0.1) is 29.5 Å². The van der Waals surface area contributed by atoms with E-state index >= 15 is 0 Å². The Morgan fingerprint density at radius 2 is 1.47 bits per heavy atom. The van der Waals surface area contributed by atoms with Gasteiger partial charge >= 0.3 is 0 Å². The van der Waals surface area contributed by atoms with E-state index in [4.69, 9.17) is 0 Å². The van der Waals surface area contributed by atoms with E-state index in [9.17, 15) is 14.0 Å². The van der Waals surface area contributed by atoms with Gasteiger partial charge in [0.05, 0.1) is 17.5 Å². The van der Waals surface area contributed by atoms with E-state index in [1.54, 1.807) is 0 Å². The van der Waals surface area contributed by atoms with Gasteiger partial charge in [-0.15, -0.1) is 0 Å². The second kappa shape index (κ2) is 3.65. The van der Waals surface area contributed by atoms with Crippen LogP contribution in [0.15, 0.2) is 24.3 Å². The molecule has 0 unspecified atom stereocenters. The quantitative estimate of drug-likeness (QED) is 0.726. The number of rotatable bonds is 1. The Bertz CT molecular complexity index is 540. The molecule has 3 nitrogen and oxygen atoms in total. The van der Waals surface area contributed by atoms with E-state index < -0.39 is 0 Å². The Morgan fingerprint density at radius 1 is 0.947 bits per heavy atom. The van der Waals surface area contributed by atoms with Gasteiger partial charge in [0, 0.05) is 0 Å². The number of halogens is 1. The van der Waals surface area contributed by atoms with Crippen molar-refractivity contribution in [1.29, 1.82) is 0 Å². The number of benzene rings is 1. The highest BCUT2D eigenvalue weighted by Gasteiger charge is 2.61. The van der Waals surface area contributed by atoms with Gasteiger partial charge in [0.25, 0.3) is 0 Å². The molecule has 98 valence electrons. The largest absolute Gasteiger partial charge is 0.274 e. The second-order valence-corrected chi connectivity index (χ2v) is 5.87. The Labute approximate surface area is 110 Å². The van der Waals surface area contributed by atoms with Crippen LogP contribution in [0.2, 0.25) is 0 Å². The lowest BCUT2D eigenvalue weighted by atomic mass is 9.81. The van der Waals surface area contributed by atoms with Crippen LogP contribution < -0.4 is 4.90 Å². The molecule has 1 aliphatic heterocycles. The van der Waals surface area contributed by atoms with Gasteiger partial charge in [-0.3, -0.25) is 14.5 Å². The van der Waals surface area contributed by atoms with Gasteiger partial charge in [0.1, 0.15) is 5.82 Å². The summed E-state index contributed by atoms with van der Waals surface area (Å²) in [6.07, 6.45) is 3.17. The van der Waals surface area contributed by atoms with Crippen LogP contribution in [-0.4, -0.2) is 11.8 Å². The summed E-state index contributed by atoms with van der Waals surface area (Å²) >= 11 is 0. The van der Waals surface area contributed by atoms with Crippen molar-refractivity contribution in [3.05, 3.63) is 30.1 Å². The average Bonchev–Trinajstić information content (AvgIpc) is 3.06. The zero-order valence-corrected chi connectivity index (χ0v) is 10.4. The van der Waals surface area contributed by atoms with Gasteiger partial charge in [-0.1, -0.05) is 0 Å². The average molecular weight is 259 g/mol. The minimum atomic E-state index is -0.358. The Hall–Kier alpha value is -1.71. The molecular weight excluding hydrogens is 245 g/mol. The minimum absolute atomic E-state index is 0.0752. The van der Waals surface area contributed by atoms with E-state index in [2.05, 4.69) is 0 Å². The molecule has 0 radical (unpaired) electrons. The highest BCUT2D eigenvalue weighted by atomic mass is 19.1. The number of imide groups is 1. The number of amides is 2. The number of carbonyl (C=O) groups excluding carboxylic acids is 2. The van der Waals surface area contributed by atoms with Gasteiger partial charge < -0.3 is 0 Å². The minimum Gasteiger partial charge on any atom is -0.274 e. The molecule has 1 saturated heterocycles. The van der Waals surface area contributed by atoms with E-state index in [1.165, 1.54) is 29.2 Å². The number of carbonyl (C=O) groups is 2.